The lowest BCUT2D eigenvalue weighted by Gasteiger charge is -2.22. The van der Waals surface area contributed by atoms with E-state index < -0.39 is 0 Å². The summed E-state index contributed by atoms with van der Waals surface area (Å²) in [6, 6.07) is 7.44. The number of halogens is 1. The van der Waals surface area contributed by atoms with Gasteiger partial charge in [0.25, 0.3) is 0 Å². The number of rotatable bonds is 5. The van der Waals surface area contributed by atoms with E-state index in [1.165, 1.54) is 31.7 Å². The maximum atomic E-state index is 13.0. The highest BCUT2D eigenvalue weighted by molar-refractivity contribution is 7.99. The van der Waals surface area contributed by atoms with Crippen LogP contribution >= 0.6 is 11.8 Å². The molecule has 1 aromatic carbocycles. The van der Waals surface area contributed by atoms with E-state index >= 15 is 0 Å². The van der Waals surface area contributed by atoms with E-state index in [0.717, 1.165) is 16.6 Å². The Balaban J connectivity index is 1.87. The van der Waals surface area contributed by atoms with Crippen molar-refractivity contribution in [2.45, 2.75) is 36.6 Å². The minimum Gasteiger partial charge on any atom is -0.316 e. The third kappa shape index (κ3) is 3.71. The molecular weight excluding hydrogens is 233 g/mol. The zero-order valence-corrected chi connectivity index (χ0v) is 11.1. The average Bonchev–Trinajstić information content (AvgIpc) is 2.84. The minimum atomic E-state index is -0.142. The van der Waals surface area contributed by atoms with Crippen molar-refractivity contribution in [3.8, 4) is 0 Å². The van der Waals surface area contributed by atoms with Crippen LogP contribution in [0.25, 0.3) is 0 Å². The van der Waals surface area contributed by atoms with E-state index in [4.69, 9.17) is 0 Å². The molecule has 1 aliphatic rings. The zero-order valence-electron chi connectivity index (χ0n) is 10.3. The first-order valence-corrected chi connectivity index (χ1v) is 7.34. The summed E-state index contributed by atoms with van der Waals surface area (Å²) in [5, 5.41) is 3.41. The maximum Gasteiger partial charge on any atom is 0.124 e. The Morgan fingerprint density at radius 3 is 2.82 bits per heavy atom. The van der Waals surface area contributed by atoms with Crippen molar-refractivity contribution in [2.24, 2.45) is 5.92 Å². The van der Waals surface area contributed by atoms with Crippen molar-refractivity contribution in [3.05, 3.63) is 30.1 Å². The average molecular weight is 253 g/mol. The highest BCUT2D eigenvalue weighted by atomic mass is 32.2. The molecule has 0 amide bonds. The number of nitrogens with one attached hydrogen (secondary N) is 1. The molecule has 1 atom stereocenters. The van der Waals surface area contributed by atoms with Crippen molar-refractivity contribution in [1.82, 2.24) is 5.32 Å². The van der Waals surface area contributed by atoms with E-state index in [-0.39, 0.29) is 5.82 Å². The molecule has 17 heavy (non-hydrogen) atoms. The van der Waals surface area contributed by atoms with Crippen LogP contribution in [0, 0.1) is 11.7 Å². The van der Waals surface area contributed by atoms with Gasteiger partial charge < -0.3 is 5.32 Å². The Morgan fingerprint density at radius 1 is 1.41 bits per heavy atom. The summed E-state index contributed by atoms with van der Waals surface area (Å²) in [6.07, 6.45) is 5.42. The quantitative estimate of drug-likeness (QED) is 0.803. The molecule has 0 radical (unpaired) electrons. The first-order valence-electron chi connectivity index (χ1n) is 6.35. The van der Waals surface area contributed by atoms with Crippen LogP contribution in [0.15, 0.2) is 29.2 Å². The normalized spacial score (nSPS) is 18.5. The third-order valence-electron chi connectivity index (χ3n) is 3.57. The summed E-state index contributed by atoms with van der Waals surface area (Å²) >= 11 is 1.75. The molecule has 1 saturated carbocycles. The molecule has 0 aromatic heterocycles. The van der Waals surface area contributed by atoms with Gasteiger partial charge in [-0.25, -0.2) is 4.39 Å². The van der Waals surface area contributed by atoms with Gasteiger partial charge in [0.2, 0.25) is 0 Å². The molecule has 1 fully saturated rings. The monoisotopic (exact) mass is 253 g/mol. The molecular formula is C14H20FNS. The predicted molar refractivity (Wildman–Crippen MR) is 71.9 cm³/mol. The Morgan fingerprint density at radius 2 is 2.18 bits per heavy atom. The molecule has 0 heterocycles. The fourth-order valence-corrected chi connectivity index (χ4v) is 3.74. The van der Waals surface area contributed by atoms with Gasteiger partial charge in [0.05, 0.1) is 0 Å². The summed E-state index contributed by atoms with van der Waals surface area (Å²) in [7, 11) is 2.04. The number of hydrogen-bond acceptors (Lipinski definition) is 2. The summed E-state index contributed by atoms with van der Waals surface area (Å²) in [5.41, 5.74) is 0. The Bertz CT molecular complexity index is 350. The standard InChI is InChI=1S/C14H20FNS/c1-16-14(11-5-2-3-6-11)10-17-13-8-4-7-12(15)9-13/h4,7-9,11,14,16H,2-3,5-6,10H2,1H3. The highest BCUT2D eigenvalue weighted by Gasteiger charge is 2.23. The molecule has 0 bridgehead atoms. The molecule has 0 saturated heterocycles. The van der Waals surface area contributed by atoms with Crippen molar-refractivity contribution in [1.29, 1.82) is 0 Å². The lowest BCUT2D eigenvalue weighted by Crippen LogP contribution is -2.34. The lowest BCUT2D eigenvalue weighted by atomic mass is 10.0. The second-order valence-corrected chi connectivity index (χ2v) is 5.80. The van der Waals surface area contributed by atoms with E-state index in [1.54, 1.807) is 23.9 Å². The Hall–Kier alpha value is -0.540. The Kier molecular flexibility index (Phi) is 4.86. The molecule has 1 N–H and O–H groups in total. The lowest BCUT2D eigenvalue weighted by molar-refractivity contribution is 0.410. The maximum absolute atomic E-state index is 13.0. The SMILES string of the molecule is CNC(CSc1cccc(F)c1)C1CCCC1. The van der Waals surface area contributed by atoms with Gasteiger partial charge in [0.15, 0.2) is 0 Å². The van der Waals surface area contributed by atoms with Crippen LogP contribution in [-0.2, 0) is 0 Å². The second kappa shape index (κ2) is 6.41. The number of benzene rings is 1. The van der Waals surface area contributed by atoms with Crippen LogP contribution in [-0.4, -0.2) is 18.8 Å². The molecule has 3 heteroatoms. The van der Waals surface area contributed by atoms with Crippen LogP contribution in [0.2, 0.25) is 0 Å². The fourth-order valence-electron chi connectivity index (χ4n) is 2.56. The van der Waals surface area contributed by atoms with Crippen molar-refractivity contribution in [3.63, 3.8) is 0 Å². The van der Waals surface area contributed by atoms with Gasteiger partial charge in [0, 0.05) is 16.7 Å². The first-order chi connectivity index (χ1) is 8.29. The van der Waals surface area contributed by atoms with Gasteiger partial charge in [-0.3, -0.25) is 0 Å². The van der Waals surface area contributed by atoms with Gasteiger partial charge in [-0.15, -0.1) is 11.8 Å². The van der Waals surface area contributed by atoms with Crippen LogP contribution in [0.4, 0.5) is 4.39 Å². The third-order valence-corrected chi connectivity index (χ3v) is 4.68. The van der Waals surface area contributed by atoms with Gasteiger partial charge >= 0.3 is 0 Å². The predicted octanol–water partition coefficient (Wildman–Crippen LogP) is 3.70. The van der Waals surface area contributed by atoms with E-state index in [0.29, 0.717) is 6.04 Å². The summed E-state index contributed by atoms with van der Waals surface area (Å²) in [6.45, 7) is 0. The number of hydrogen-bond donors (Lipinski definition) is 1. The van der Waals surface area contributed by atoms with E-state index in [1.807, 2.05) is 13.1 Å². The molecule has 0 aliphatic heterocycles. The first kappa shape index (κ1) is 12.9. The molecule has 1 aromatic rings. The van der Waals surface area contributed by atoms with Crippen molar-refractivity contribution < 1.29 is 4.39 Å². The zero-order chi connectivity index (χ0) is 12.1. The van der Waals surface area contributed by atoms with Gasteiger partial charge in [-0.2, -0.15) is 0 Å². The Labute approximate surface area is 107 Å². The molecule has 1 nitrogen and oxygen atoms in total. The topological polar surface area (TPSA) is 12.0 Å². The molecule has 1 aliphatic carbocycles. The van der Waals surface area contributed by atoms with Gasteiger partial charge in [-0.05, 0) is 44.0 Å². The smallest absolute Gasteiger partial charge is 0.124 e. The molecule has 2 rings (SSSR count). The fraction of sp³-hybridized carbons (Fsp3) is 0.571. The van der Waals surface area contributed by atoms with Crippen molar-refractivity contribution >= 4 is 11.8 Å². The largest absolute Gasteiger partial charge is 0.316 e. The van der Waals surface area contributed by atoms with Crippen molar-refractivity contribution in [2.75, 3.05) is 12.8 Å². The molecule has 0 spiro atoms. The summed E-state index contributed by atoms with van der Waals surface area (Å²) in [4.78, 5) is 1.03. The van der Waals surface area contributed by atoms with Crippen LogP contribution in [0.3, 0.4) is 0 Å². The van der Waals surface area contributed by atoms with Gasteiger partial charge in [-0.1, -0.05) is 18.9 Å². The van der Waals surface area contributed by atoms with E-state index in [9.17, 15) is 4.39 Å². The number of thioether (sulfide) groups is 1. The highest BCUT2D eigenvalue weighted by Crippen LogP contribution is 2.30. The van der Waals surface area contributed by atoms with Gasteiger partial charge in [0.1, 0.15) is 5.82 Å². The van der Waals surface area contributed by atoms with Crippen LogP contribution in [0.5, 0.6) is 0 Å². The van der Waals surface area contributed by atoms with Crippen LogP contribution in [0.1, 0.15) is 25.7 Å². The second-order valence-electron chi connectivity index (χ2n) is 4.71. The van der Waals surface area contributed by atoms with E-state index in [2.05, 4.69) is 5.32 Å². The summed E-state index contributed by atoms with van der Waals surface area (Å²) < 4.78 is 13.0. The summed E-state index contributed by atoms with van der Waals surface area (Å²) in [5.74, 6) is 1.70. The molecule has 1 unspecified atom stereocenters. The van der Waals surface area contributed by atoms with Crippen LogP contribution < -0.4 is 5.32 Å². The molecule has 94 valence electrons. The minimum absolute atomic E-state index is 0.142.